The van der Waals surface area contributed by atoms with Crippen LogP contribution in [0.25, 0.3) is 0 Å². The first-order chi connectivity index (χ1) is 14.9. The molecule has 7 heteroatoms. The van der Waals surface area contributed by atoms with Crippen LogP contribution in [-0.2, 0) is 9.53 Å². The molecular weight excluding hydrogens is 401 g/mol. The van der Waals surface area contributed by atoms with Crippen molar-refractivity contribution in [3.8, 4) is 5.75 Å². The number of aryl methyl sites for hydroxylation is 1. The van der Waals surface area contributed by atoms with Gasteiger partial charge in [0.25, 0.3) is 5.91 Å². The molecule has 0 atom stereocenters. The quantitative estimate of drug-likeness (QED) is 0.436. The first kappa shape index (κ1) is 21.7. The number of benzene rings is 3. The Morgan fingerprint density at radius 2 is 1.55 bits per heavy atom. The van der Waals surface area contributed by atoms with Crippen LogP contribution in [0.1, 0.15) is 26.3 Å². The molecule has 3 aromatic rings. The number of halogens is 1. The van der Waals surface area contributed by atoms with E-state index in [1.54, 1.807) is 42.5 Å². The number of carbonyl (C=O) groups is 3. The highest BCUT2D eigenvalue weighted by Gasteiger charge is 2.17. The van der Waals surface area contributed by atoms with Gasteiger partial charge in [0, 0.05) is 5.56 Å². The third kappa shape index (κ3) is 5.99. The average molecular weight is 421 g/mol. The molecule has 31 heavy (non-hydrogen) atoms. The molecule has 0 heterocycles. The first-order valence-electron chi connectivity index (χ1n) is 9.47. The molecule has 0 radical (unpaired) electrons. The Kier molecular flexibility index (Phi) is 7.11. The molecule has 0 aliphatic heterocycles. The predicted molar refractivity (Wildman–Crippen MR) is 113 cm³/mol. The van der Waals surface area contributed by atoms with Gasteiger partial charge in [0.1, 0.15) is 17.1 Å². The molecule has 0 saturated carbocycles. The van der Waals surface area contributed by atoms with Crippen molar-refractivity contribution in [2.75, 3.05) is 18.5 Å². The molecule has 1 N–H and O–H groups in total. The fourth-order valence-electron chi connectivity index (χ4n) is 2.68. The van der Waals surface area contributed by atoms with E-state index in [0.29, 0.717) is 5.56 Å². The summed E-state index contributed by atoms with van der Waals surface area (Å²) in [6.45, 7) is 1.03. The van der Waals surface area contributed by atoms with Gasteiger partial charge in [0.05, 0.1) is 5.69 Å². The Balaban J connectivity index is 1.58. The molecular formula is C24H20FNO5. The third-order valence-electron chi connectivity index (χ3n) is 4.32. The number of hydrogen-bond acceptors (Lipinski definition) is 5. The molecule has 6 nitrogen and oxygen atoms in total. The van der Waals surface area contributed by atoms with Crippen LogP contribution < -0.4 is 10.1 Å². The van der Waals surface area contributed by atoms with Crippen molar-refractivity contribution in [3.63, 3.8) is 0 Å². The van der Waals surface area contributed by atoms with Gasteiger partial charge in [-0.1, -0.05) is 54.1 Å². The van der Waals surface area contributed by atoms with E-state index in [9.17, 15) is 18.8 Å². The molecule has 3 rings (SSSR count). The van der Waals surface area contributed by atoms with Gasteiger partial charge in [-0.2, -0.15) is 0 Å². The Morgan fingerprint density at radius 3 is 2.29 bits per heavy atom. The lowest BCUT2D eigenvalue weighted by Gasteiger charge is -2.11. The maximum absolute atomic E-state index is 13.6. The lowest BCUT2D eigenvalue weighted by molar-refractivity contribution is -0.118. The van der Waals surface area contributed by atoms with Gasteiger partial charge in [-0.15, -0.1) is 0 Å². The lowest BCUT2D eigenvalue weighted by atomic mass is 10.1. The fourth-order valence-corrected chi connectivity index (χ4v) is 2.68. The zero-order chi connectivity index (χ0) is 22.2. The summed E-state index contributed by atoms with van der Waals surface area (Å²) in [5, 5.41) is 2.39. The van der Waals surface area contributed by atoms with Gasteiger partial charge in [-0.3, -0.25) is 9.59 Å². The van der Waals surface area contributed by atoms with Gasteiger partial charge in [-0.05, 0) is 31.2 Å². The second kappa shape index (κ2) is 10.2. The Labute approximate surface area is 178 Å². The summed E-state index contributed by atoms with van der Waals surface area (Å²) in [5.41, 5.74) is 1.54. The van der Waals surface area contributed by atoms with Crippen molar-refractivity contribution < 1.29 is 28.2 Å². The van der Waals surface area contributed by atoms with Crippen molar-refractivity contribution in [1.82, 2.24) is 0 Å². The van der Waals surface area contributed by atoms with Crippen LogP contribution >= 0.6 is 0 Å². The van der Waals surface area contributed by atoms with Crippen molar-refractivity contribution in [1.29, 1.82) is 0 Å². The highest BCUT2D eigenvalue weighted by atomic mass is 19.1. The van der Waals surface area contributed by atoms with Crippen LogP contribution in [0.3, 0.4) is 0 Å². The summed E-state index contributed by atoms with van der Waals surface area (Å²) in [4.78, 5) is 36.7. The minimum Gasteiger partial charge on any atom is -0.483 e. The summed E-state index contributed by atoms with van der Waals surface area (Å²) in [5.74, 6) is -2.15. The van der Waals surface area contributed by atoms with Crippen molar-refractivity contribution in [3.05, 3.63) is 95.3 Å². The normalized spacial score (nSPS) is 10.3. The molecule has 0 aliphatic carbocycles. The standard InChI is InChI=1S/C24H20FNO5/c1-16-10-12-17(13-11-16)21(27)14-31-24(29)18-6-2-5-9-22(18)30-15-23(28)26-20-8-4-3-7-19(20)25/h2-13H,14-15H2,1H3,(H,26,28). The van der Waals surface area contributed by atoms with E-state index in [1.807, 2.05) is 6.92 Å². The minimum absolute atomic E-state index is 0.0263. The summed E-state index contributed by atoms with van der Waals surface area (Å²) in [7, 11) is 0. The minimum atomic E-state index is -0.759. The molecule has 1 amide bonds. The number of nitrogens with one attached hydrogen (secondary N) is 1. The van der Waals surface area contributed by atoms with Crippen LogP contribution in [0.5, 0.6) is 5.75 Å². The number of ether oxygens (including phenoxy) is 2. The summed E-state index contributed by atoms with van der Waals surface area (Å²) in [6.07, 6.45) is 0. The molecule has 0 spiro atoms. The second-order valence-electron chi connectivity index (χ2n) is 6.68. The summed E-state index contributed by atoms with van der Waals surface area (Å²) < 4.78 is 24.2. The number of amides is 1. The molecule has 158 valence electrons. The number of para-hydroxylation sites is 2. The lowest BCUT2D eigenvalue weighted by Crippen LogP contribution is -2.22. The van der Waals surface area contributed by atoms with E-state index in [1.165, 1.54) is 30.3 Å². The van der Waals surface area contributed by atoms with Crippen molar-refractivity contribution in [2.24, 2.45) is 0 Å². The van der Waals surface area contributed by atoms with Crippen molar-refractivity contribution >= 4 is 23.3 Å². The Hall–Kier alpha value is -4.00. The molecule has 0 aromatic heterocycles. The van der Waals surface area contributed by atoms with Crippen LogP contribution in [0.2, 0.25) is 0 Å². The van der Waals surface area contributed by atoms with Gasteiger partial charge in [-0.25, -0.2) is 9.18 Å². The van der Waals surface area contributed by atoms with E-state index in [-0.39, 0.29) is 22.8 Å². The molecule has 0 fully saturated rings. The number of esters is 1. The second-order valence-corrected chi connectivity index (χ2v) is 6.68. The number of Topliss-reactive ketones (excluding diaryl/α,β-unsaturated/α-hetero) is 1. The number of anilines is 1. The SMILES string of the molecule is Cc1ccc(C(=O)COC(=O)c2ccccc2OCC(=O)Nc2ccccc2F)cc1. The van der Waals surface area contributed by atoms with Gasteiger partial charge >= 0.3 is 5.97 Å². The van der Waals surface area contributed by atoms with Crippen LogP contribution in [0.15, 0.2) is 72.8 Å². The highest BCUT2D eigenvalue weighted by molar-refractivity contribution is 6.00. The topological polar surface area (TPSA) is 81.7 Å². The average Bonchev–Trinajstić information content (AvgIpc) is 2.78. The van der Waals surface area contributed by atoms with E-state index in [0.717, 1.165) is 5.56 Å². The zero-order valence-corrected chi connectivity index (χ0v) is 16.8. The summed E-state index contributed by atoms with van der Waals surface area (Å²) in [6, 6.07) is 18.8. The van der Waals surface area contributed by atoms with Crippen LogP contribution in [-0.4, -0.2) is 30.9 Å². The monoisotopic (exact) mass is 421 g/mol. The molecule has 0 bridgehead atoms. The van der Waals surface area contributed by atoms with Gasteiger partial charge < -0.3 is 14.8 Å². The Bertz CT molecular complexity index is 1100. The molecule has 0 saturated heterocycles. The van der Waals surface area contributed by atoms with E-state index >= 15 is 0 Å². The zero-order valence-electron chi connectivity index (χ0n) is 16.8. The molecule has 0 aliphatic rings. The first-order valence-corrected chi connectivity index (χ1v) is 9.47. The van der Waals surface area contributed by atoms with Crippen LogP contribution in [0.4, 0.5) is 10.1 Å². The Morgan fingerprint density at radius 1 is 0.871 bits per heavy atom. The third-order valence-corrected chi connectivity index (χ3v) is 4.32. The number of rotatable bonds is 8. The van der Waals surface area contributed by atoms with Crippen LogP contribution in [0, 0.1) is 12.7 Å². The summed E-state index contributed by atoms with van der Waals surface area (Å²) >= 11 is 0. The molecule has 0 unspecified atom stereocenters. The van der Waals surface area contributed by atoms with E-state index in [4.69, 9.17) is 9.47 Å². The number of carbonyl (C=O) groups excluding carboxylic acids is 3. The smallest absolute Gasteiger partial charge is 0.342 e. The highest BCUT2D eigenvalue weighted by Crippen LogP contribution is 2.20. The largest absolute Gasteiger partial charge is 0.483 e. The van der Waals surface area contributed by atoms with E-state index in [2.05, 4.69) is 5.32 Å². The molecule has 3 aromatic carbocycles. The van der Waals surface area contributed by atoms with Crippen molar-refractivity contribution in [2.45, 2.75) is 6.92 Å². The maximum atomic E-state index is 13.6. The number of ketones is 1. The van der Waals surface area contributed by atoms with E-state index < -0.39 is 30.9 Å². The fraction of sp³-hybridized carbons (Fsp3) is 0.125. The van der Waals surface area contributed by atoms with Gasteiger partial charge in [0.15, 0.2) is 19.0 Å². The predicted octanol–water partition coefficient (Wildman–Crippen LogP) is 4.19. The van der Waals surface area contributed by atoms with Gasteiger partial charge in [0.2, 0.25) is 0 Å². The number of hydrogen-bond donors (Lipinski definition) is 1. The maximum Gasteiger partial charge on any atom is 0.342 e.